The summed E-state index contributed by atoms with van der Waals surface area (Å²) in [5.41, 5.74) is 2.36. The zero-order valence-corrected chi connectivity index (χ0v) is 13.4. The quantitative estimate of drug-likeness (QED) is 0.791. The number of hydrogen-bond acceptors (Lipinski definition) is 2. The highest BCUT2D eigenvalue weighted by Crippen LogP contribution is 2.27. The third kappa shape index (κ3) is 4.48. The summed E-state index contributed by atoms with van der Waals surface area (Å²) >= 11 is 6.14. The molecular weight excluding hydrogens is 282 g/mol. The number of nitrogens with one attached hydrogen (secondary N) is 1. The predicted octanol–water partition coefficient (Wildman–Crippen LogP) is 4.83. The van der Waals surface area contributed by atoms with Gasteiger partial charge in [-0.25, -0.2) is 0 Å². The topological polar surface area (TPSA) is 21.3 Å². The molecule has 0 amide bonds. The minimum atomic E-state index is 0.129. The molecule has 1 atom stereocenters. The van der Waals surface area contributed by atoms with E-state index in [0.717, 1.165) is 23.7 Å². The molecule has 1 N–H and O–H groups in total. The molecule has 0 heterocycles. The summed E-state index contributed by atoms with van der Waals surface area (Å²) in [6, 6.07) is 16.4. The maximum atomic E-state index is 6.14. The summed E-state index contributed by atoms with van der Waals surface area (Å²) in [5, 5.41) is 4.35. The summed E-state index contributed by atoms with van der Waals surface area (Å²) in [6.45, 7) is 5.79. The Labute approximate surface area is 132 Å². The smallest absolute Gasteiger partial charge is 0.119 e. The van der Waals surface area contributed by atoms with E-state index < -0.39 is 0 Å². The lowest BCUT2D eigenvalue weighted by Gasteiger charge is -2.20. The van der Waals surface area contributed by atoms with Gasteiger partial charge in [0, 0.05) is 5.02 Å². The molecule has 112 valence electrons. The lowest BCUT2D eigenvalue weighted by atomic mass is 9.98. The van der Waals surface area contributed by atoms with Gasteiger partial charge >= 0.3 is 0 Å². The molecule has 0 fully saturated rings. The van der Waals surface area contributed by atoms with Crippen LogP contribution in [0.1, 0.15) is 37.4 Å². The van der Waals surface area contributed by atoms with Gasteiger partial charge in [-0.15, -0.1) is 0 Å². The Balaban J connectivity index is 2.33. The van der Waals surface area contributed by atoms with Crippen molar-refractivity contribution in [3.05, 3.63) is 64.7 Å². The van der Waals surface area contributed by atoms with Crippen LogP contribution in [0.4, 0.5) is 0 Å². The maximum Gasteiger partial charge on any atom is 0.119 e. The van der Waals surface area contributed by atoms with Crippen molar-refractivity contribution in [1.29, 1.82) is 0 Å². The lowest BCUT2D eigenvalue weighted by molar-refractivity contribution is 0.339. The molecule has 0 saturated carbocycles. The first-order valence-electron chi connectivity index (χ1n) is 7.46. The first kappa shape index (κ1) is 15.9. The number of ether oxygens (including phenoxy) is 1. The summed E-state index contributed by atoms with van der Waals surface area (Å²) in [5.74, 6) is 0.903. The molecule has 0 aliphatic rings. The van der Waals surface area contributed by atoms with Crippen molar-refractivity contribution >= 4 is 11.6 Å². The van der Waals surface area contributed by atoms with Crippen molar-refractivity contribution in [3.8, 4) is 5.75 Å². The highest BCUT2D eigenvalue weighted by molar-refractivity contribution is 6.30. The first-order valence-corrected chi connectivity index (χ1v) is 7.84. The number of rotatable bonds is 7. The maximum absolute atomic E-state index is 6.14. The summed E-state index contributed by atoms with van der Waals surface area (Å²) < 4.78 is 5.61. The van der Waals surface area contributed by atoms with Gasteiger partial charge in [-0.1, -0.05) is 42.8 Å². The zero-order valence-electron chi connectivity index (χ0n) is 12.6. The Morgan fingerprint density at radius 3 is 2.43 bits per heavy atom. The van der Waals surface area contributed by atoms with Crippen LogP contribution in [0.3, 0.4) is 0 Å². The Morgan fingerprint density at radius 2 is 1.76 bits per heavy atom. The van der Waals surface area contributed by atoms with Crippen LogP contribution >= 0.6 is 11.6 Å². The van der Waals surface area contributed by atoms with Crippen molar-refractivity contribution in [3.63, 3.8) is 0 Å². The minimum Gasteiger partial charge on any atom is -0.494 e. The van der Waals surface area contributed by atoms with Crippen LogP contribution < -0.4 is 10.1 Å². The van der Waals surface area contributed by atoms with E-state index in [2.05, 4.69) is 30.4 Å². The van der Waals surface area contributed by atoms with Crippen molar-refractivity contribution in [1.82, 2.24) is 5.32 Å². The molecule has 1 unspecified atom stereocenters. The molecule has 0 radical (unpaired) electrons. The van der Waals surface area contributed by atoms with Gasteiger partial charge in [0.1, 0.15) is 5.75 Å². The Hall–Kier alpha value is -1.51. The number of benzene rings is 2. The lowest BCUT2D eigenvalue weighted by Crippen LogP contribution is -2.23. The van der Waals surface area contributed by atoms with E-state index >= 15 is 0 Å². The van der Waals surface area contributed by atoms with Crippen molar-refractivity contribution < 1.29 is 4.74 Å². The second-order valence-electron chi connectivity index (χ2n) is 4.95. The predicted molar refractivity (Wildman–Crippen MR) is 89.2 cm³/mol. The van der Waals surface area contributed by atoms with Gasteiger partial charge in [0.25, 0.3) is 0 Å². The Morgan fingerprint density at radius 1 is 1.05 bits per heavy atom. The summed E-state index contributed by atoms with van der Waals surface area (Å²) in [4.78, 5) is 0. The average Bonchev–Trinajstić information content (AvgIpc) is 2.49. The molecule has 2 aromatic carbocycles. The van der Waals surface area contributed by atoms with Crippen LogP contribution in [0.2, 0.25) is 5.02 Å². The molecule has 0 aliphatic heterocycles. The zero-order chi connectivity index (χ0) is 15.1. The minimum absolute atomic E-state index is 0.129. The van der Waals surface area contributed by atoms with Crippen LogP contribution in [0.25, 0.3) is 0 Å². The van der Waals surface area contributed by atoms with Gasteiger partial charge < -0.3 is 10.1 Å². The fourth-order valence-electron chi connectivity index (χ4n) is 2.35. The SMILES string of the molecule is CCCNC(c1cccc(Cl)c1)c1cccc(OCC)c1. The molecule has 0 saturated heterocycles. The van der Waals surface area contributed by atoms with Crippen LogP contribution in [-0.2, 0) is 0 Å². The van der Waals surface area contributed by atoms with Crippen LogP contribution in [0, 0.1) is 0 Å². The molecule has 2 aromatic rings. The van der Waals surface area contributed by atoms with Gasteiger partial charge in [-0.3, -0.25) is 0 Å². The number of hydrogen-bond donors (Lipinski definition) is 1. The molecule has 21 heavy (non-hydrogen) atoms. The van der Waals surface area contributed by atoms with Crippen molar-refractivity contribution in [2.75, 3.05) is 13.2 Å². The first-order chi connectivity index (χ1) is 10.2. The normalized spacial score (nSPS) is 12.1. The molecular formula is C18H22ClNO. The van der Waals surface area contributed by atoms with Crippen molar-refractivity contribution in [2.45, 2.75) is 26.3 Å². The second-order valence-corrected chi connectivity index (χ2v) is 5.38. The van der Waals surface area contributed by atoms with E-state index in [1.54, 1.807) is 0 Å². The molecule has 0 bridgehead atoms. The molecule has 3 heteroatoms. The highest BCUT2D eigenvalue weighted by atomic mass is 35.5. The second kappa shape index (κ2) is 8.06. The van der Waals surface area contributed by atoms with Crippen LogP contribution in [-0.4, -0.2) is 13.2 Å². The summed E-state index contributed by atoms with van der Waals surface area (Å²) in [6.07, 6.45) is 1.09. The van der Waals surface area contributed by atoms with Gasteiger partial charge in [-0.2, -0.15) is 0 Å². The molecule has 0 aromatic heterocycles. The van der Waals surface area contributed by atoms with Crippen molar-refractivity contribution in [2.24, 2.45) is 0 Å². The van der Waals surface area contributed by atoms with Crippen LogP contribution in [0.15, 0.2) is 48.5 Å². The molecule has 2 nitrogen and oxygen atoms in total. The van der Waals surface area contributed by atoms with Gasteiger partial charge in [0.05, 0.1) is 12.6 Å². The third-order valence-electron chi connectivity index (χ3n) is 3.28. The average molecular weight is 304 g/mol. The highest BCUT2D eigenvalue weighted by Gasteiger charge is 2.14. The van der Waals surface area contributed by atoms with E-state index in [4.69, 9.17) is 16.3 Å². The Bertz CT molecular complexity index is 571. The molecule has 2 rings (SSSR count). The Kier molecular flexibility index (Phi) is 6.09. The third-order valence-corrected chi connectivity index (χ3v) is 3.52. The largest absolute Gasteiger partial charge is 0.494 e. The van der Waals surface area contributed by atoms with Gasteiger partial charge in [0.2, 0.25) is 0 Å². The van der Waals surface area contributed by atoms with E-state index in [0.29, 0.717) is 6.61 Å². The van der Waals surface area contributed by atoms with Gasteiger partial charge in [-0.05, 0) is 55.3 Å². The van der Waals surface area contributed by atoms with Crippen LogP contribution in [0.5, 0.6) is 5.75 Å². The monoisotopic (exact) mass is 303 g/mol. The fourth-order valence-corrected chi connectivity index (χ4v) is 2.55. The van der Waals surface area contributed by atoms with E-state index in [1.165, 1.54) is 11.1 Å². The number of halogens is 1. The molecule has 0 spiro atoms. The summed E-state index contributed by atoms with van der Waals surface area (Å²) in [7, 11) is 0. The fraction of sp³-hybridized carbons (Fsp3) is 0.333. The van der Waals surface area contributed by atoms with Gasteiger partial charge in [0.15, 0.2) is 0 Å². The van der Waals surface area contributed by atoms with E-state index in [-0.39, 0.29) is 6.04 Å². The standard InChI is InChI=1S/C18H22ClNO/c1-3-11-20-18(14-7-5-9-16(19)12-14)15-8-6-10-17(13-15)21-4-2/h5-10,12-13,18,20H,3-4,11H2,1-2H3. The van der Waals surface area contributed by atoms with E-state index in [9.17, 15) is 0 Å². The molecule has 0 aliphatic carbocycles. The van der Waals surface area contributed by atoms with E-state index in [1.807, 2.05) is 37.3 Å².